The molecular formula is C9H8N2O5. The molecule has 0 aliphatic rings. The van der Waals surface area contributed by atoms with Crippen LogP contribution in [0.5, 0.6) is 0 Å². The van der Waals surface area contributed by atoms with Crippen LogP contribution < -0.4 is 0 Å². The summed E-state index contributed by atoms with van der Waals surface area (Å²) < 4.78 is 0. The summed E-state index contributed by atoms with van der Waals surface area (Å²) in [4.78, 5) is 20.5. The second-order valence-corrected chi connectivity index (χ2v) is 2.75. The molecule has 0 aliphatic carbocycles. The smallest absolute Gasteiger partial charge is 0.371 e. The molecule has 1 heterocycles. The Morgan fingerprint density at radius 2 is 2.00 bits per heavy atom. The molecule has 0 aromatic carbocycles. The standard InChI is InChI=1S/C9H8N2O5/c12-7(9(15)16)4-6-3-5(10-11-6)1-2-8(13)14/h1-4,12H,(H,10,11)(H,13,14)(H,15,16)/b2-1+,7-4-. The minimum Gasteiger partial charge on any atom is -0.502 e. The van der Waals surface area contributed by atoms with Crippen LogP contribution in [0.4, 0.5) is 0 Å². The van der Waals surface area contributed by atoms with E-state index in [-0.39, 0.29) is 5.69 Å². The number of aliphatic hydroxyl groups is 1. The third-order valence-electron chi connectivity index (χ3n) is 1.53. The predicted octanol–water partition coefficient (Wildman–Crippen LogP) is 0.491. The van der Waals surface area contributed by atoms with E-state index in [1.165, 1.54) is 12.1 Å². The van der Waals surface area contributed by atoms with E-state index in [1.807, 2.05) is 0 Å². The summed E-state index contributed by atoms with van der Waals surface area (Å²) in [5.74, 6) is -3.41. The zero-order valence-corrected chi connectivity index (χ0v) is 7.91. The summed E-state index contributed by atoms with van der Waals surface area (Å²) in [7, 11) is 0. The summed E-state index contributed by atoms with van der Waals surface area (Å²) in [5.41, 5.74) is 0.566. The van der Waals surface area contributed by atoms with Gasteiger partial charge in [-0.05, 0) is 12.1 Å². The van der Waals surface area contributed by atoms with E-state index in [9.17, 15) is 9.59 Å². The molecular weight excluding hydrogens is 216 g/mol. The third-order valence-corrected chi connectivity index (χ3v) is 1.53. The Balaban J connectivity index is 2.83. The van der Waals surface area contributed by atoms with Crippen molar-refractivity contribution in [1.29, 1.82) is 0 Å². The summed E-state index contributed by atoms with van der Waals surface area (Å²) >= 11 is 0. The molecule has 0 bridgehead atoms. The van der Waals surface area contributed by atoms with Crippen LogP contribution in [0, 0.1) is 0 Å². The lowest BCUT2D eigenvalue weighted by atomic mass is 10.3. The van der Waals surface area contributed by atoms with Gasteiger partial charge in [0.05, 0.1) is 11.4 Å². The number of aromatic nitrogens is 2. The van der Waals surface area contributed by atoms with Crippen LogP contribution in [0.1, 0.15) is 11.4 Å². The van der Waals surface area contributed by atoms with Gasteiger partial charge in [0.25, 0.3) is 0 Å². The second kappa shape index (κ2) is 4.78. The molecule has 1 aromatic rings. The van der Waals surface area contributed by atoms with Crippen LogP contribution in [0.3, 0.4) is 0 Å². The third kappa shape index (κ3) is 3.29. The first kappa shape index (κ1) is 11.5. The molecule has 84 valence electrons. The van der Waals surface area contributed by atoms with Gasteiger partial charge in [0, 0.05) is 12.2 Å². The predicted molar refractivity (Wildman–Crippen MR) is 53.5 cm³/mol. The average molecular weight is 224 g/mol. The summed E-state index contributed by atoms with van der Waals surface area (Å²) in [5, 5.41) is 31.7. The molecule has 0 saturated carbocycles. The Kier molecular flexibility index (Phi) is 3.44. The number of rotatable bonds is 4. The Bertz CT molecular complexity index is 472. The van der Waals surface area contributed by atoms with Gasteiger partial charge < -0.3 is 15.3 Å². The molecule has 0 fully saturated rings. The fraction of sp³-hybridized carbons (Fsp3) is 0. The number of nitrogens with zero attached hydrogens (tertiary/aromatic N) is 1. The lowest BCUT2D eigenvalue weighted by Crippen LogP contribution is -1.98. The fourth-order valence-electron chi connectivity index (χ4n) is 0.878. The first-order valence-electron chi connectivity index (χ1n) is 4.09. The first-order chi connectivity index (χ1) is 7.49. The number of hydrogen-bond donors (Lipinski definition) is 4. The normalized spacial score (nSPS) is 11.9. The maximum Gasteiger partial charge on any atom is 0.371 e. The summed E-state index contributed by atoms with van der Waals surface area (Å²) in [6.07, 6.45) is 3.09. The van der Waals surface area contributed by atoms with Crippen molar-refractivity contribution in [2.75, 3.05) is 0 Å². The van der Waals surface area contributed by atoms with Crippen molar-refractivity contribution in [3.63, 3.8) is 0 Å². The molecule has 0 amide bonds. The zero-order valence-electron chi connectivity index (χ0n) is 7.91. The van der Waals surface area contributed by atoms with Crippen LogP contribution >= 0.6 is 0 Å². The van der Waals surface area contributed by atoms with Crippen LogP contribution in [-0.2, 0) is 9.59 Å². The van der Waals surface area contributed by atoms with E-state index < -0.39 is 17.7 Å². The van der Waals surface area contributed by atoms with Gasteiger partial charge in [-0.2, -0.15) is 5.10 Å². The number of aliphatic carboxylic acids is 2. The van der Waals surface area contributed by atoms with Crippen LogP contribution in [0.25, 0.3) is 12.2 Å². The SMILES string of the molecule is O=C(O)/C=C/c1cc(/C=C(\O)C(=O)O)[nH]n1. The molecule has 0 radical (unpaired) electrons. The maximum absolute atomic E-state index is 10.3. The molecule has 4 N–H and O–H groups in total. The van der Waals surface area contributed by atoms with E-state index in [1.54, 1.807) is 0 Å². The molecule has 0 unspecified atom stereocenters. The van der Waals surface area contributed by atoms with Gasteiger partial charge in [-0.3, -0.25) is 5.10 Å². The molecule has 1 rings (SSSR count). The highest BCUT2D eigenvalue weighted by atomic mass is 16.4. The van der Waals surface area contributed by atoms with E-state index >= 15 is 0 Å². The number of aliphatic hydroxyl groups excluding tert-OH is 1. The molecule has 0 aliphatic heterocycles. The fourth-order valence-corrected chi connectivity index (χ4v) is 0.878. The monoisotopic (exact) mass is 224 g/mol. The molecule has 7 heteroatoms. The van der Waals surface area contributed by atoms with Crippen molar-refractivity contribution in [3.8, 4) is 0 Å². The van der Waals surface area contributed by atoms with Crippen molar-refractivity contribution >= 4 is 24.1 Å². The molecule has 1 aromatic heterocycles. The Morgan fingerprint density at radius 3 is 2.56 bits per heavy atom. The van der Waals surface area contributed by atoms with E-state index in [2.05, 4.69) is 10.2 Å². The lowest BCUT2D eigenvalue weighted by molar-refractivity contribution is -0.135. The van der Waals surface area contributed by atoms with Crippen LogP contribution in [-0.4, -0.2) is 37.5 Å². The van der Waals surface area contributed by atoms with Crippen LogP contribution in [0.15, 0.2) is 17.9 Å². The van der Waals surface area contributed by atoms with E-state index in [0.717, 1.165) is 12.2 Å². The molecule has 0 atom stereocenters. The molecule has 0 saturated heterocycles. The highest BCUT2D eigenvalue weighted by Gasteiger charge is 2.04. The Labute approximate surface area is 89.3 Å². The largest absolute Gasteiger partial charge is 0.502 e. The van der Waals surface area contributed by atoms with Gasteiger partial charge in [-0.25, -0.2) is 9.59 Å². The number of aromatic amines is 1. The van der Waals surface area contributed by atoms with Crippen molar-refractivity contribution in [2.24, 2.45) is 0 Å². The first-order valence-corrected chi connectivity index (χ1v) is 4.09. The Morgan fingerprint density at radius 1 is 1.31 bits per heavy atom. The van der Waals surface area contributed by atoms with Crippen molar-refractivity contribution in [2.45, 2.75) is 0 Å². The number of carboxylic acid groups (broad SMARTS) is 2. The molecule has 16 heavy (non-hydrogen) atoms. The number of carboxylic acids is 2. The Hall–Kier alpha value is -2.57. The zero-order chi connectivity index (χ0) is 12.1. The average Bonchev–Trinajstić information content (AvgIpc) is 2.62. The van der Waals surface area contributed by atoms with E-state index in [4.69, 9.17) is 15.3 Å². The van der Waals surface area contributed by atoms with Crippen molar-refractivity contribution < 1.29 is 24.9 Å². The van der Waals surface area contributed by atoms with Gasteiger partial charge in [0.15, 0.2) is 0 Å². The number of hydrogen-bond acceptors (Lipinski definition) is 4. The second-order valence-electron chi connectivity index (χ2n) is 2.75. The topological polar surface area (TPSA) is 124 Å². The number of nitrogens with one attached hydrogen (secondary N) is 1. The highest BCUT2D eigenvalue weighted by molar-refractivity contribution is 5.89. The van der Waals surface area contributed by atoms with Gasteiger partial charge >= 0.3 is 11.9 Å². The highest BCUT2D eigenvalue weighted by Crippen LogP contribution is 2.06. The minimum absolute atomic E-state index is 0.255. The minimum atomic E-state index is -1.46. The number of H-pyrrole nitrogens is 1. The molecule has 7 nitrogen and oxygen atoms in total. The van der Waals surface area contributed by atoms with Gasteiger partial charge in [0.2, 0.25) is 5.76 Å². The lowest BCUT2D eigenvalue weighted by Gasteiger charge is -1.88. The van der Waals surface area contributed by atoms with Gasteiger partial charge in [-0.15, -0.1) is 0 Å². The van der Waals surface area contributed by atoms with Crippen molar-refractivity contribution in [3.05, 3.63) is 29.3 Å². The summed E-state index contributed by atoms with van der Waals surface area (Å²) in [6, 6.07) is 1.39. The van der Waals surface area contributed by atoms with Crippen molar-refractivity contribution in [1.82, 2.24) is 10.2 Å². The quantitative estimate of drug-likeness (QED) is 0.436. The van der Waals surface area contributed by atoms with E-state index in [0.29, 0.717) is 5.69 Å². The molecule has 0 spiro atoms. The number of carbonyl (C=O) groups is 2. The van der Waals surface area contributed by atoms with Crippen LogP contribution in [0.2, 0.25) is 0 Å². The van der Waals surface area contributed by atoms with Gasteiger partial charge in [-0.1, -0.05) is 0 Å². The maximum atomic E-state index is 10.3. The van der Waals surface area contributed by atoms with Gasteiger partial charge in [0.1, 0.15) is 0 Å². The summed E-state index contributed by atoms with van der Waals surface area (Å²) in [6.45, 7) is 0.